The highest BCUT2D eigenvalue weighted by atomic mass is 32.2. The number of methoxy groups -OCH3 is 1. The number of sulfonamides is 1. The molecule has 2 saturated heterocycles. The number of carbonyl (C=O) groups excluding carboxylic acids is 1. The number of piperidine rings is 1. The minimum atomic E-state index is -3.78. The first kappa shape index (κ1) is 31.7. The summed E-state index contributed by atoms with van der Waals surface area (Å²) in [7, 11) is -2.11. The zero-order valence-corrected chi connectivity index (χ0v) is 29.6. The van der Waals surface area contributed by atoms with E-state index >= 15 is 8.42 Å². The van der Waals surface area contributed by atoms with Crippen LogP contribution in [0.5, 0.6) is 5.75 Å². The number of aliphatic hydroxyl groups is 1. The number of rotatable bonds is 7. The molecule has 2 aliphatic carbocycles. The summed E-state index contributed by atoms with van der Waals surface area (Å²) in [4.78, 5) is 13.4. The second-order valence-electron chi connectivity index (χ2n) is 15.4. The summed E-state index contributed by atoms with van der Waals surface area (Å²) in [6.45, 7) is 6.29. The van der Waals surface area contributed by atoms with Crippen LogP contribution in [0.1, 0.15) is 118 Å². The maximum Gasteiger partial charge on any atom is 0.261 e. The monoisotopic (exact) mass is 677 g/mol. The fourth-order valence-corrected chi connectivity index (χ4v) is 12.9. The molecule has 0 radical (unpaired) electrons. The fraction of sp³-hybridized carbons (Fsp3) is 0.595. The van der Waals surface area contributed by atoms with E-state index in [2.05, 4.69) is 27.5 Å². The second kappa shape index (κ2) is 11.3. The summed E-state index contributed by atoms with van der Waals surface area (Å²) in [6.07, 6.45) is 8.90. The Labute approximate surface area is 282 Å². The van der Waals surface area contributed by atoms with Gasteiger partial charge in [-0.2, -0.15) is 4.31 Å². The van der Waals surface area contributed by atoms with E-state index in [0.29, 0.717) is 37.3 Å². The third-order valence-electron chi connectivity index (χ3n) is 11.8. The van der Waals surface area contributed by atoms with Crippen molar-refractivity contribution in [3.05, 3.63) is 53.1 Å². The maximum absolute atomic E-state index is 15.2. The highest BCUT2D eigenvalue weighted by Gasteiger charge is 2.70. The van der Waals surface area contributed by atoms with Crippen molar-refractivity contribution in [2.45, 2.75) is 131 Å². The Bertz CT molecular complexity index is 1840. The molecule has 2 N–H and O–H groups in total. The van der Waals surface area contributed by atoms with E-state index in [0.717, 1.165) is 59.2 Å². The Morgan fingerprint density at radius 2 is 1.74 bits per heavy atom. The summed E-state index contributed by atoms with van der Waals surface area (Å²) in [5.41, 5.74) is 5.24. The van der Waals surface area contributed by atoms with Crippen molar-refractivity contribution in [2.75, 3.05) is 7.11 Å². The molecule has 1 aromatic heterocycles. The fourth-order valence-electron chi connectivity index (χ4n) is 9.69. The van der Waals surface area contributed by atoms with Gasteiger partial charge in [-0.1, -0.05) is 39.2 Å². The van der Waals surface area contributed by atoms with Crippen LogP contribution in [0, 0.1) is 0 Å². The molecule has 47 heavy (non-hydrogen) atoms. The van der Waals surface area contributed by atoms with E-state index in [1.807, 2.05) is 43.3 Å². The lowest BCUT2D eigenvalue weighted by atomic mass is 9.81. The summed E-state index contributed by atoms with van der Waals surface area (Å²) >= 11 is 1.40. The molecule has 5 aliphatic rings. The standard InChI is InChI=1S/C37H47N3O5S2/c1-22(2)46-38-35(41)24-10-14-29-32(16-24)39-21-37(47(43,44)40-25-11-12-26(40)19-36(3,42)18-25)20-31(37)30-17-27(45-4)13-15-28(30)34(39)33(29)23-8-6-5-7-9-23/h10,13-17,22-23,25-26,31,42H,5-9,11-12,18-21H2,1-4H3,(H,38,41). The number of benzene rings is 2. The first-order valence-electron chi connectivity index (χ1n) is 17.5. The van der Waals surface area contributed by atoms with Crippen LogP contribution in [0.25, 0.3) is 22.2 Å². The zero-order valence-electron chi connectivity index (χ0n) is 27.9. The molecular weight excluding hydrogens is 631 g/mol. The van der Waals surface area contributed by atoms with Crippen molar-refractivity contribution in [2.24, 2.45) is 0 Å². The van der Waals surface area contributed by atoms with Gasteiger partial charge in [-0.3, -0.25) is 9.52 Å². The van der Waals surface area contributed by atoms with Gasteiger partial charge in [0, 0.05) is 51.8 Å². The smallest absolute Gasteiger partial charge is 0.261 e. The third-order valence-corrected chi connectivity index (χ3v) is 15.3. The molecule has 3 aliphatic heterocycles. The largest absolute Gasteiger partial charge is 0.497 e. The molecule has 4 unspecified atom stereocenters. The number of carbonyl (C=O) groups is 1. The normalized spacial score (nSPS) is 30.5. The third kappa shape index (κ3) is 4.98. The molecule has 2 bridgehead atoms. The lowest BCUT2D eigenvalue weighted by molar-refractivity contribution is -0.0135. The number of nitrogens with zero attached hydrogens (tertiary/aromatic N) is 2. The predicted octanol–water partition coefficient (Wildman–Crippen LogP) is 7.10. The Balaban J connectivity index is 1.34. The summed E-state index contributed by atoms with van der Waals surface area (Å²) < 4.78 is 42.2. The van der Waals surface area contributed by atoms with Crippen LogP contribution in [0.3, 0.4) is 0 Å². The van der Waals surface area contributed by atoms with Crippen LogP contribution in [0.15, 0.2) is 36.4 Å². The van der Waals surface area contributed by atoms with Crippen molar-refractivity contribution in [1.29, 1.82) is 0 Å². The molecule has 4 atom stereocenters. The van der Waals surface area contributed by atoms with E-state index < -0.39 is 20.4 Å². The number of ether oxygens (including phenoxy) is 1. The van der Waals surface area contributed by atoms with Crippen LogP contribution >= 0.6 is 11.9 Å². The number of nitrogens with one attached hydrogen (secondary N) is 1. The van der Waals surface area contributed by atoms with Crippen LogP contribution in [0.4, 0.5) is 0 Å². The van der Waals surface area contributed by atoms with Gasteiger partial charge in [-0.05, 0) is 111 Å². The quantitative estimate of drug-likeness (QED) is 0.259. The highest BCUT2D eigenvalue weighted by Crippen LogP contribution is 2.65. The maximum atomic E-state index is 15.2. The number of amides is 1. The van der Waals surface area contributed by atoms with E-state index in [-0.39, 0.29) is 29.2 Å². The van der Waals surface area contributed by atoms with Gasteiger partial charge in [0.2, 0.25) is 10.0 Å². The molecule has 4 heterocycles. The van der Waals surface area contributed by atoms with Gasteiger partial charge >= 0.3 is 0 Å². The average Bonchev–Trinajstić information content (AvgIpc) is 3.63. The van der Waals surface area contributed by atoms with Crippen LogP contribution in [-0.2, 0) is 16.6 Å². The molecule has 0 spiro atoms. The Kier molecular flexibility index (Phi) is 7.60. The lowest BCUT2D eigenvalue weighted by Gasteiger charge is -2.43. The molecular formula is C37H47N3O5S2. The zero-order chi connectivity index (χ0) is 32.9. The molecule has 10 heteroatoms. The van der Waals surface area contributed by atoms with E-state index in [1.54, 1.807) is 7.11 Å². The second-order valence-corrected chi connectivity index (χ2v) is 19.0. The predicted molar refractivity (Wildman–Crippen MR) is 187 cm³/mol. The summed E-state index contributed by atoms with van der Waals surface area (Å²) in [5.74, 6) is 0.808. The van der Waals surface area contributed by atoms with Gasteiger partial charge in [0.05, 0.1) is 18.4 Å². The molecule has 252 valence electrons. The molecule has 3 aromatic rings. The van der Waals surface area contributed by atoms with Crippen molar-refractivity contribution >= 4 is 38.8 Å². The lowest BCUT2D eigenvalue weighted by Crippen LogP contribution is -2.55. The van der Waals surface area contributed by atoms with Crippen molar-refractivity contribution in [3.63, 3.8) is 0 Å². The molecule has 4 fully saturated rings. The number of hydrogen-bond donors (Lipinski definition) is 2. The number of hydrogen-bond acceptors (Lipinski definition) is 6. The van der Waals surface area contributed by atoms with Gasteiger partial charge in [0.15, 0.2) is 0 Å². The van der Waals surface area contributed by atoms with Crippen LogP contribution in [-0.4, -0.2) is 63.1 Å². The van der Waals surface area contributed by atoms with E-state index in [9.17, 15) is 9.90 Å². The molecule has 1 amide bonds. The average molecular weight is 678 g/mol. The molecule has 2 aromatic carbocycles. The topological polar surface area (TPSA) is 101 Å². The van der Waals surface area contributed by atoms with Crippen molar-refractivity contribution in [3.8, 4) is 17.0 Å². The first-order valence-corrected chi connectivity index (χ1v) is 19.8. The van der Waals surface area contributed by atoms with Crippen LogP contribution in [0.2, 0.25) is 0 Å². The Morgan fingerprint density at radius 3 is 2.43 bits per heavy atom. The van der Waals surface area contributed by atoms with Gasteiger partial charge in [0.1, 0.15) is 10.5 Å². The van der Waals surface area contributed by atoms with Crippen molar-refractivity contribution in [1.82, 2.24) is 13.6 Å². The Morgan fingerprint density at radius 1 is 1.02 bits per heavy atom. The van der Waals surface area contributed by atoms with E-state index in [4.69, 9.17) is 4.74 Å². The minimum Gasteiger partial charge on any atom is -0.497 e. The van der Waals surface area contributed by atoms with Gasteiger partial charge in [-0.15, -0.1) is 0 Å². The SMILES string of the molecule is COc1ccc2c(c1)C1CC1(S(=O)(=O)N1C3CCC1CC(C)(O)C3)Cn1c-2c(C2CCCCC2)c2ccc(C(=O)NSC(C)C)cc21. The summed E-state index contributed by atoms with van der Waals surface area (Å²) in [6, 6.07) is 11.9. The number of fused-ring (bicyclic) bond motifs is 9. The summed E-state index contributed by atoms with van der Waals surface area (Å²) in [5, 5.41) is 12.4. The molecule has 8 nitrogen and oxygen atoms in total. The first-order chi connectivity index (χ1) is 22.4. The highest BCUT2D eigenvalue weighted by molar-refractivity contribution is 7.98. The van der Waals surface area contributed by atoms with Gasteiger partial charge in [-0.25, -0.2) is 8.42 Å². The van der Waals surface area contributed by atoms with Crippen molar-refractivity contribution < 1.29 is 23.1 Å². The number of aromatic nitrogens is 1. The van der Waals surface area contributed by atoms with Gasteiger partial charge < -0.3 is 14.4 Å². The van der Waals surface area contributed by atoms with E-state index in [1.165, 1.54) is 36.8 Å². The molecule has 8 rings (SSSR count). The van der Waals surface area contributed by atoms with Gasteiger partial charge in [0.25, 0.3) is 5.91 Å². The molecule has 2 saturated carbocycles. The Hall–Kier alpha value is -2.53. The van der Waals surface area contributed by atoms with Crippen LogP contribution < -0.4 is 9.46 Å². The minimum absolute atomic E-state index is 0.136.